The zero-order valence-electron chi connectivity index (χ0n) is 15.3. The van der Waals surface area contributed by atoms with E-state index in [0.717, 1.165) is 15.8 Å². The summed E-state index contributed by atoms with van der Waals surface area (Å²) in [6.07, 6.45) is 0.406. The quantitative estimate of drug-likeness (QED) is 0.593. The van der Waals surface area contributed by atoms with E-state index in [0.29, 0.717) is 34.8 Å². The molecule has 8 heteroatoms. The molecule has 0 atom stereocenters. The molecule has 7 nitrogen and oxygen atoms in total. The SMILES string of the molecule is Cc1ccc2nc(NC(=O)c3ccc(C#N)cc3CCNC(=O)CN)sc2c1. The molecule has 3 rings (SSSR count). The highest BCUT2D eigenvalue weighted by atomic mass is 32.1. The highest BCUT2D eigenvalue weighted by Gasteiger charge is 2.15. The third-order valence-corrected chi connectivity index (χ3v) is 5.08. The standard InChI is InChI=1S/C20H19N5O2S/c1-12-2-5-16-17(8-12)28-20(24-16)25-19(27)15-4-3-13(10-21)9-14(15)6-7-23-18(26)11-22/h2-5,8-9H,6-7,11,22H2,1H3,(H,23,26)(H,24,25,27). The van der Waals surface area contributed by atoms with Crippen molar-refractivity contribution in [3.05, 3.63) is 58.7 Å². The summed E-state index contributed by atoms with van der Waals surface area (Å²) in [6, 6.07) is 12.9. The van der Waals surface area contributed by atoms with E-state index in [2.05, 4.69) is 21.7 Å². The second-order valence-electron chi connectivity index (χ2n) is 6.23. The number of aromatic nitrogens is 1. The summed E-state index contributed by atoms with van der Waals surface area (Å²) in [7, 11) is 0. The number of nitrogens with one attached hydrogen (secondary N) is 2. The number of nitrogens with two attached hydrogens (primary N) is 1. The zero-order valence-corrected chi connectivity index (χ0v) is 16.1. The van der Waals surface area contributed by atoms with Crippen molar-refractivity contribution in [1.82, 2.24) is 10.3 Å². The number of anilines is 1. The van der Waals surface area contributed by atoms with Crippen LogP contribution in [0.2, 0.25) is 0 Å². The number of aryl methyl sites for hydroxylation is 1. The van der Waals surface area contributed by atoms with Crippen molar-refractivity contribution in [3.8, 4) is 6.07 Å². The van der Waals surface area contributed by atoms with Crippen molar-refractivity contribution in [2.24, 2.45) is 5.73 Å². The topological polar surface area (TPSA) is 121 Å². The third kappa shape index (κ3) is 4.52. The first-order chi connectivity index (χ1) is 13.5. The van der Waals surface area contributed by atoms with Crippen LogP contribution in [0.1, 0.15) is 27.0 Å². The normalized spacial score (nSPS) is 10.5. The molecule has 4 N–H and O–H groups in total. The largest absolute Gasteiger partial charge is 0.355 e. The maximum atomic E-state index is 12.8. The Hall–Kier alpha value is -3.28. The third-order valence-electron chi connectivity index (χ3n) is 4.15. The lowest BCUT2D eigenvalue weighted by Gasteiger charge is -2.10. The second-order valence-corrected chi connectivity index (χ2v) is 7.26. The molecule has 0 fully saturated rings. The summed E-state index contributed by atoms with van der Waals surface area (Å²) in [5.41, 5.74) is 8.80. The summed E-state index contributed by atoms with van der Waals surface area (Å²) < 4.78 is 1.000. The molecule has 0 spiro atoms. The number of rotatable bonds is 6. The number of benzene rings is 2. The van der Waals surface area contributed by atoms with Crippen LogP contribution < -0.4 is 16.4 Å². The Labute approximate surface area is 166 Å². The van der Waals surface area contributed by atoms with Crippen molar-refractivity contribution >= 4 is 38.5 Å². The number of nitriles is 1. The van der Waals surface area contributed by atoms with Crippen molar-refractivity contribution in [2.45, 2.75) is 13.3 Å². The van der Waals surface area contributed by atoms with Gasteiger partial charge in [0.25, 0.3) is 5.91 Å². The molecular formula is C20H19N5O2S. The minimum absolute atomic E-state index is 0.0946. The van der Waals surface area contributed by atoms with Gasteiger partial charge in [0.2, 0.25) is 5.91 Å². The maximum Gasteiger partial charge on any atom is 0.257 e. The Morgan fingerprint density at radius 2 is 2.07 bits per heavy atom. The molecule has 0 aliphatic heterocycles. The highest BCUT2D eigenvalue weighted by molar-refractivity contribution is 7.22. The minimum Gasteiger partial charge on any atom is -0.355 e. The molecule has 0 bridgehead atoms. The molecule has 0 aliphatic rings. The molecule has 0 aliphatic carbocycles. The van der Waals surface area contributed by atoms with Crippen molar-refractivity contribution in [1.29, 1.82) is 5.26 Å². The first-order valence-corrected chi connectivity index (χ1v) is 9.50. The average molecular weight is 393 g/mol. The van der Waals surface area contributed by atoms with Gasteiger partial charge in [0.1, 0.15) is 0 Å². The fourth-order valence-electron chi connectivity index (χ4n) is 2.75. The number of carbonyl (C=O) groups excluding carboxylic acids is 2. The lowest BCUT2D eigenvalue weighted by molar-refractivity contribution is -0.119. The van der Waals surface area contributed by atoms with Gasteiger partial charge in [-0.3, -0.25) is 14.9 Å². The summed E-state index contributed by atoms with van der Waals surface area (Å²) in [5.74, 6) is -0.576. The second kappa shape index (κ2) is 8.61. The van der Waals surface area contributed by atoms with Crippen LogP contribution in [0.25, 0.3) is 10.2 Å². The van der Waals surface area contributed by atoms with Gasteiger partial charge in [-0.25, -0.2) is 4.98 Å². The number of hydrogen-bond donors (Lipinski definition) is 3. The molecular weight excluding hydrogens is 374 g/mol. The van der Waals surface area contributed by atoms with Crippen LogP contribution in [0.15, 0.2) is 36.4 Å². The first kappa shape index (κ1) is 19.5. The Balaban J connectivity index is 1.81. The van der Waals surface area contributed by atoms with E-state index in [4.69, 9.17) is 11.0 Å². The number of fused-ring (bicyclic) bond motifs is 1. The monoisotopic (exact) mass is 393 g/mol. The number of carbonyl (C=O) groups is 2. The van der Waals surface area contributed by atoms with E-state index in [1.54, 1.807) is 18.2 Å². The van der Waals surface area contributed by atoms with Gasteiger partial charge >= 0.3 is 0 Å². The molecule has 0 saturated heterocycles. The lowest BCUT2D eigenvalue weighted by Crippen LogP contribution is -2.32. The van der Waals surface area contributed by atoms with Gasteiger partial charge in [-0.2, -0.15) is 5.26 Å². The summed E-state index contributed by atoms with van der Waals surface area (Å²) in [6.45, 7) is 2.23. The summed E-state index contributed by atoms with van der Waals surface area (Å²) in [4.78, 5) is 28.6. The van der Waals surface area contributed by atoms with E-state index in [-0.39, 0.29) is 18.4 Å². The van der Waals surface area contributed by atoms with E-state index in [1.807, 2.05) is 25.1 Å². The summed E-state index contributed by atoms with van der Waals surface area (Å²) >= 11 is 1.41. The van der Waals surface area contributed by atoms with Gasteiger partial charge in [0, 0.05) is 12.1 Å². The molecule has 0 radical (unpaired) electrons. The molecule has 0 unspecified atom stereocenters. The number of hydrogen-bond acceptors (Lipinski definition) is 6. The van der Waals surface area contributed by atoms with Gasteiger partial charge < -0.3 is 11.1 Å². The van der Waals surface area contributed by atoms with E-state index < -0.39 is 0 Å². The van der Waals surface area contributed by atoms with E-state index in [9.17, 15) is 9.59 Å². The fourth-order valence-corrected chi connectivity index (χ4v) is 3.71. The van der Waals surface area contributed by atoms with E-state index in [1.165, 1.54) is 11.3 Å². The molecule has 28 heavy (non-hydrogen) atoms. The molecule has 3 aromatic rings. The Bertz CT molecular complexity index is 1080. The van der Waals surface area contributed by atoms with Gasteiger partial charge in [-0.15, -0.1) is 0 Å². The Morgan fingerprint density at radius 3 is 2.82 bits per heavy atom. The predicted octanol–water partition coefficient (Wildman–Crippen LogP) is 2.35. The number of nitrogens with zero attached hydrogens (tertiary/aromatic N) is 2. The van der Waals surface area contributed by atoms with Crippen LogP contribution in [0.3, 0.4) is 0 Å². The van der Waals surface area contributed by atoms with Gasteiger partial charge in [0.15, 0.2) is 5.13 Å². The van der Waals surface area contributed by atoms with E-state index >= 15 is 0 Å². The van der Waals surface area contributed by atoms with Crippen LogP contribution in [-0.2, 0) is 11.2 Å². The van der Waals surface area contributed by atoms with Gasteiger partial charge in [-0.1, -0.05) is 17.4 Å². The minimum atomic E-state index is -0.305. The van der Waals surface area contributed by atoms with Crippen LogP contribution >= 0.6 is 11.3 Å². The molecule has 1 aromatic heterocycles. The van der Waals surface area contributed by atoms with Crippen LogP contribution in [0.5, 0.6) is 0 Å². The van der Waals surface area contributed by atoms with Crippen molar-refractivity contribution < 1.29 is 9.59 Å². The maximum absolute atomic E-state index is 12.8. The molecule has 0 saturated carbocycles. The van der Waals surface area contributed by atoms with Gasteiger partial charge in [0.05, 0.1) is 28.4 Å². The Kier molecular flexibility index (Phi) is 5.99. The number of thiazole rings is 1. The Morgan fingerprint density at radius 1 is 1.25 bits per heavy atom. The lowest BCUT2D eigenvalue weighted by atomic mass is 10.0. The first-order valence-electron chi connectivity index (χ1n) is 8.68. The fraction of sp³-hybridized carbons (Fsp3) is 0.200. The van der Waals surface area contributed by atoms with Crippen molar-refractivity contribution in [2.75, 3.05) is 18.4 Å². The van der Waals surface area contributed by atoms with Crippen LogP contribution in [0.4, 0.5) is 5.13 Å². The zero-order chi connectivity index (χ0) is 20.1. The summed E-state index contributed by atoms with van der Waals surface area (Å²) in [5, 5.41) is 15.1. The van der Waals surface area contributed by atoms with Crippen LogP contribution in [0, 0.1) is 18.3 Å². The smallest absolute Gasteiger partial charge is 0.257 e. The average Bonchev–Trinajstić information content (AvgIpc) is 3.08. The molecule has 1 heterocycles. The van der Waals surface area contributed by atoms with Gasteiger partial charge in [-0.05, 0) is 54.8 Å². The van der Waals surface area contributed by atoms with Crippen LogP contribution in [-0.4, -0.2) is 29.9 Å². The molecule has 2 aromatic carbocycles. The van der Waals surface area contributed by atoms with Crippen molar-refractivity contribution in [3.63, 3.8) is 0 Å². The highest BCUT2D eigenvalue weighted by Crippen LogP contribution is 2.27. The predicted molar refractivity (Wildman–Crippen MR) is 109 cm³/mol. The number of amides is 2. The molecule has 142 valence electrons. The molecule has 2 amide bonds.